The molecule has 8 aromatic rings. The van der Waals surface area contributed by atoms with E-state index in [-0.39, 0.29) is 63.0 Å². The van der Waals surface area contributed by atoms with Crippen molar-refractivity contribution in [1.82, 2.24) is 19.9 Å². The topological polar surface area (TPSA) is 146 Å². The molecule has 0 aliphatic rings. The first kappa shape index (κ1) is 41.8. The number of aryl methyl sites for hydroxylation is 4. The van der Waals surface area contributed by atoms with Crippen LogP contribution in [0.25, 0.3) is 45.0 Å². The Morgan fingerprint density at radius 2 is 0.727 bits per heavy atom. The SMILES string of the molecule is CO.CO.O=S(=O)(O)C(F)(F)F.[2H]C([2H])([2H])c1cccc(-c2[c-]cccc2)n1.[2H]C([2H])([2H])c1cccc(-c2[c-]cccc2)n1.[2H]C([2H])([2H])c1cccc(-c2[c-]cccc2)n1.[2H]C([2H])([2H])c1cccc(-c2ccccc2)n1.[Ir+3].[Ir]. The molecule has 0 spiro atoms. The van der Waals surface area contributed by atoms with Crippen LogP contribution < -0.4 is 0 Å². The summed E-state index contributed by atoms with van der Waals surface area (Å²) in [5, 5.41) is 14.0. The summed E-state index contributed by atoms with van der Waals surface area (Å²) in [4.78, 5) is 16.5. The van der Waals surface area contributed by atoms with Gasteiger partial charge in [0.15, 0.2) is 0 Å². The van der Waals surface area contributed by atoms with Gasteiger partial charge >= 0.3 is 35.7 Å². The molecular weight excluding hydrogens is 1220 g/mol. The van der Waals surface area contributed by atoms with E-state index in [1.165, 1.54) is 24.3 Å². The van der Waals surface area contributed by atoms with Crippen molar-refractivity contribution < 1.29 is 93.0 Å². The third-order valence-corrected chi connectivity index (χ3v) is 7.90. The fraction of sp³-hybridized carbons (Fsp3) is 0.137. The largest absolute Gasteiger partial charge is 3.00 e. The molecule has 4 aromatic carbocycles. The van der Waals surface area contributed by atoms with Crippen LogP contribution in [-0.2, 0) is 50.3 Å². The normalized spacial score (nSPS) is 13.2. The summed E-state index contributed by atoms with van der Waals surface area (Å²) in [5.41, 5.74) is 0.851. The second-order valence-corrected chi connectivity index (χ2v) is 13.2. The quantitative estimate of drug-likeness (QED) is 0.0890. The second-order valence-electron chi connectivity index (χ2n) is 11.7. The van der Waals surface area contributed by atoms with Gasteiger partial charge in [-0.3, -0.25) is 9.54 Å². The molecular formula is C51H50F3Ir2N4O5S. The van der Waals surface area contributed by atoms with Gasteiger partial charge in [-0.2, -0.15) is 21.6 Å². The number of aliphatic hydroxyl groups is 2. The number of aromatic nitrogens is 4. The Labute approximate surface area is 430 Å². The number of pyridine rings is 4. The van der Waals surface area contributed by atoms with Gasteiger partial charge in [0, 0.05) is 79.1 Å². The zero-order chi connectivity index (χ0) is 57.4. The molecule has 66 heavy (non-hydrogen) atoms. The Balaban J connectivity index is 0.000000942. The molecule has 9 nitrogen and oxygen atoms in total. The van der Waals surface area contributed by atoms with Crippen LogP contribution in [0.1, 0.15) is 39.2 Å². The van der Waals surface area contributed by atoms with E-state index in [0.29, 0.717) is 22.8 Å². The van der Waals surface area contributed by atoms with E-state index in [0.717, 1.165) is 36.5 Å². The molecule has 0 bridgehead atoms. The smallest absolute Gasteiger partial charge is 0.400 e. The minimum Gasteiger partial charge on any atom is -0.400 e. The summed E-state index contributed by atoms with van der Waals surface area (Å²) >= 11 is 0. The fourth-order valence-corrected chi connectivity index (χ4v) is 4.62. The molecule has 0 saturated heterocycles. The summed E-state index contributed by atoms with van der Waals surface area (Å²) in [7, 11) is -3.84. The van der Waals surface area contributed by atoms with Crippen molar-refractivity contribution in [2.75, 3.05) is 14.2 Å². The maximum Gasteiger partial charge on any atom is 3.00 e. The first-order valence-electron chi connectivity index (χ1n) is 24.3. The zero-order valence-electron chi connectivity index (χ0n) is 46.9. The van der Waals surface area contributed by atoms with Crippen molar-refractivity contribution in [1.29, 1.82) is 0 Å². The van der Waals surface area contributed by atoms with E-state index in [9.17, 15) is 13.2 Å². The molecule has 0 aliphatic heterocycles. The van der Waals surface area contributed by atoms with Crippen LogP contribution in [0.15, 0.2) is 176 Å². The van der Waals surface area contributed by atoms with Gasteiger partial charge in [0.2, 0.25) is 0 Å². The number of nitrogens with zero attached hydrogens (tertiary/aromatic N) is 4. The first-order chi connectivity index (χ1) is 35.5. The van der Waals surface area contributed by atoms with Gasteiger partial charge in [0.1, 0.15) is 0 Å². The second kappa shape index (κ2) is 33.0. The van der Waals surface area contributed by atoms with Crippen molar-refractivity contribution in [3.8, 4) is 45.0 Å². The Morgan fingerprint density at radius 1 is 0.455 bits per heavy atom. The molecule has 8 rings (SSSR count). The van der Waals surface area contributed by atoms with E-state index in [1.54, 1.807) is 60.7 Å². The molecule has 4 heterocycles. The first-order valence-corrected chi connectivity index (χ1v) is 19.8. The van der Waals surface area contributed by atoms with E-state index < -0.39 is 43.0 Å². The molecule has 0 fully saturated rings. The Bertz CT molecular complexity index is 2690. The van der Waals surface area contributed by atoms with Gasteiger partial charge in [0.05, 0.1) is 5.69 Å². The summed E-state index contributed by atoms with van der Waals surface area (Å²) in [6.07, 6.45) is 0. The number of aliphatic hydroxyl groups excluding tert-OH is 2. The van der Waals surface area contributed by atoms with Crippen LogP contribution in [0, 0.1) is 45.6 Å². The van der Waals surface area contributed by atoms with Crippen molar-refractivity contribution in [2.45, 2.75) is 32.9 Å². The number of hydrogen-bond donors (Lipinski definition) is 3. The molecule has 1 radical (unpaired) electrons. The van der Waals surface area contributed by atoms with E-state index >= 15 is 0 Å². The third-order valence-electron chi connectivity index (χ3n) is 7.31. The van der Waals surface area contributed by atoms with E-state index in [1.807, 2.05) is 91.0 Å². The van der Waals surface area contributed by atoms with Crippen LogP contribution in [0.5, 0.6) is 0 Å². The number of hydrogen-bond acceptors (Lipinski definition) is 8. The van der Waals surface area contributed by atoms with E-state index in [4.69, 9.17) is 39.6 Å². The summed E-state index contributed by atoms with van der Waals surface area (Å²) in [6, 6.07) is 60.7. The predicted molar refractivity (Wildman–Crippen MR) is 248 cm³/mol. The van der Waals surface area contributed by atoms with Gasteiger partial charge < -0.3 is 25.2 Å². The van der Waals surface area contributed by atoms with Gasteiger partial charge in [0.25, 0.3) is 0 Å². The van der Waals surface area contributed by atoms with Crippen molar-refractivity contribution in [2.24, 2.45) is 0 Å². The summed E-state index contributed by atoms with van der Waals surface area (Å²) in [6.45, 7) is -8.63. The van der Waals surface area contributed by atoms with Gasteiger partial charge in [-0.05, 0) is 74.8 Å². The average Bonchev–Trinajstić information content (AvgIpc) is 3.40. The summed E-state index contributed by atoms with van der Waals surface area (Å²) in [5.74, 6) is 0. The molecule has 3 N–H and O–H groups in total. The molecule has 349 valence electrons. The van der Waals surface area contributed by atoms with Gasteiger partial charge in [-0.15, -0.1) is 108 Å². The Morgan fingerprint density at radius 3 is 0.985 bits per heavy atom. The number of alkyl halides is 3. The van der Waals surface area contributed by atoms with Crippen molar-refractivity contribution >= 4 is 10.1 Å². The monoisotopic (exact) mass is 1290 g/mol. The molecule has 4 aromatic heterocycles. The molecule has 15 heteroatoms. The number of rotatable bonds is 4. The van der Waals surface area contributed by atoms with Crippen LogP contribution in [0.2, 0.25) is 0 Å². The zero-order valence-corrected chi connectivity index (χ0v) is 40.5. The molecule has 0 amide bonds. The molecule has 0 unspecified atom stereocenters. The fourth-order valence-electron chi connectivity index (χ4n) is 4.62. The van der Waals surface area contributed by atoms with Crippen molar-refractivity contribution in [3.05, 3.63) is 217 Å². The minimum atomic E-state index is -5.84. The third kappa shape index (κ3) is 23.0. The van der Waals surface area contributed by atoms with Crippen molar-refractivity contribution in [3.63, 3.8) is 0 Å². The van der Waals surface area contributed by atoms with Crippen LogP contribution in [-0.4, -0.2) is 62.8 Å². The number of benzene rings is 4. The maximum atomic E-state index is 10.7. The van der Waals surface area contributed by atoms with Gasteiger partial charge in [-0.25, -0.2) is 0 Å². The molecule has 0 atom stereocenters. The van der Waals surface area contributed by atoms with Crippen LogP contribution in [0.4, 0.5) is 13.2 Å². The maximum absolute atomic E-state index is 10.7. The van der Waals surface area contributed by atoms with E-state index in [2.05, 4.69) is 38.1 Å². The minimum absolute atomic E-state index is 0. The molecule has 0 aliphatic carbocycles. The standard InChI is InChI=1S/C12H11N.3C12H10N.CHF3O3S.2CH4O.2Ir/c4*1-10-6-5-9-12(13-10)11-7-3-2-4-8-11;2-1(3,4)8(5,6)7;2*1-2;;/h2-9H,1H3;3*2-7,9H,1H3;(H,5,6,7);2*2H,1H3;;/q;3*-1;;;;;+3/i4*1D3;;;;;. The molecule has 0 saturated carbocycles. The average molecular weight is 1280 g/mol. The Hall–Kier alpha value is -5.60. The number of halogens is 3. The predicted octanol–water partition coefficient (Wildman–Crippen LogP) is 11.2. The Kier molecular flexibility index (Phi) is 20.9. The summed E-state index contributed by atoms with van der Waals surface area (Å²) < 4.78 is 145. The van der Waals surface area contributed by atoms with Crippen LogP contribution in [0.3, 0.4) is 0 Å². The van der Waals surface area contributed by atoms with Crippen LogP contribution >= 0.6 is 0 Å². The van der Waals surface area contributed by atoms with Gasteiger partial charge in [-0.1, -0.05) is 72.8 Å².